The lowest BCUT2D eigenvalue weighted by Crippen LogP contribution is -2.51. The summed E-state index contributed by atoms with van der Waals surface area (Å²) in [7, 11) is 0. The quantitative estimate of drug-likeness (QED) is 0.839. The Morgan fingerprint density at radius 3 is 2.88 bits per heavy atom. The van der Waals surface area contributed by atoms with E-state index in [9.17, 15) is 18.7 Å². The van der Waals surface area contributed by atoms with Gasteiger partial charge in [-0.05, 0) is 28.9 Å². The number of halogens is 3. The Morgan fingerprint density at radius 1 is 1.50 bits per heavy atom. The molecule has 0 aromatic carbocycles. The van der Waals surface area contributed by atoms with Crippen molar-refractivity contribution in [1.82, 2.24) is 24.6 Å². The fourth-order valence-corrected chi connectivity index (χ4v) is 2.69. The molecule has 128 valence electrons. The SMILES string of the molecule is CC1=NN(C(=O)c2ccn(Cn3cc(Br)cn3)n2)[C@@](O)(C(F)F)C1. The Morgan fingerprint density at radius 2 is 2.25 bits per heavy atom. The second-order valence-corrected chi connectivity index (χ2v) is 6.30. The highest BCUT2D eigenvalue weighted by Crippen LogP contribution is 2.32. The van der Waals surface area contributed by atoms with Crippen LogP contribution in [0.2, 0.25) is 0 Å². The van der Waals surface area contributed by atoms with Gasteiger partial charge in [-0.25, -0.2) is 13.5 Å². The first-order valence-corrected chi connectivity index (χ1v) is 7.69. The van der Waals surface area contributed by atoms with Gasteiger partial charge in [0.2, 0.25) is 5.72 Å². The maximum atomic E-state index is 13.2. The standard InChI is InChI=1S/C13H13BrF2N6O2/c1-8-4-13(24,12(15)16)22(18-8)11(23)10-2-3-20(19-10)7-21-6-9(14)5-17-21/h2-3,5-6,12,24H,4,7H2,1H3/t13-/m0/s1. The van der Waals surface area contributed by atoms with E-state index in [2.05, 4.69) is 31.2 Å². The van der Waals surface area contributed by atoms with Gasteiger partial charge < -0.3 is 5.11 Å². The Balaban J connectivity index is 1.80. The number of rotatable bonds is 4. The van der Waals surface area contributed by atoms with Crippen LogP contribution < -0.4 is 0 Å². The highest BCUT2D eigenvalue weighted by molar-refractivity contribution is 9.10. The monoisotopic (exact) mass is 402 g/mol. The lowest BCUT2D eigenvalue weighted by Gasteiger charge is -2.29. The molecule has 0 aliphatic carbocycles. The van der Waals surface area contributed by atoms with E-state index in [1.54, 1.807) is 17.1 Å². The van der Waals surface area contributed by atoms with Crippen LogP contribution in [0.5, 0.6) is 0 Å². The smallest absolute Gasteiger partial charge is 0.297 e. The molecule has 1 aliphatic rings. The molecule has 1 aliphatic heterocycles. The van der Waals surface area contributed by atoms with Gasteiger partial charge >= 0.3 is 0 Å². The van der Waals surface area contributed by atoms with Gasteiger partial charge in [-0.15, -0.1) is 0 Å². The minimum absolute atomic E-state index is 0.0984. The number of hydrogen-bond donors (Lipinski definition) is 1. The number of carbonyl (C=O) groups excluding carboxylic acids is 1. The van der Waals surface area contributed by atoms with Gasteiger partial charge in [0.1, 0.15) is 6.67 Å². The normalized spacial score (nSPS) is 20.8. The third kappa shape index (κ3) is 2.96. The van der Waals surface area contributed by atoms with Crippen molar-refractivity contribution >= 4 is 27.5 Å². The van der Waals surface area contributed by atoms with Gasteiger partial charge in [0.15, 0.2) is 5.69 Å². The summed E-state index contributed by atoms with van der Waals surface area (Å²) in [5.74, 6) is -0.893. The second-order valence-electron chi connectivity index (χ2n) is 5.39. The minimum Gasteiger partial charge on any atom is -0.364 e. The summed E-state index contributed by atoms with van der Waals surface area (Å²) in [5, 5.41) is 22.3. The van der Waals surface area contributed by atoms with Crippen molar-refractivity contribution in [3.8, 4) is 0 Å². The minimum atomic E-state index is -3.15. The Hall–Kier alpha value is -2.14. The van der Waals surface area contributed by atoms with Crippen LogP contribution in [0.15, 0.2) is 34.2 Å². The molecule has 0 bridgehead atoms. The highest BCUT2D eigenvalue weighted by atomic mass is 79.9. The van der Waals surface area contributed by atoms with Gasteiger partial charge in [-0.1, -0.05) is 0 Å². The van der Waals surface area contributed by atoms with Crippen LogP contribution in [0.25, 0.3) is 0 Å². The molecule has 0 unspecified atom stereocenters. The first-order chi connectivity index (χ1) is 11.3. The van der Waals surface area contributed by atoms with Crippen LogP contribution in [0.3, 0.4) is 0 Å². The van der Waals surface area contributed by atoms with Crippen molar-refractivity contribution in [2.24, 2.45) is 5.10 Å². The van der Waals surface area contributed by atoms with Crippen molar-refractivity contribution in [3.63, 3.8) is 0 Å². The first-order valence-electron chi connectivity index (χ1n) is 6.90. The van der Waals surface area contributed by atoms with E-state index in [1.807, 2.05) is 0 Å². The summed E-state index contributed by atoms with van der Waals surface area (Å²) in [5.41, 5.74) is -2.50. The van der Waals surface area contributed by atoms with Gasteiger partial charge in [0.05, 0.1) is 10.7 Å². The number of aliphatic hydroxyl groups is 1. The number of alkyl halides is 2. The molecule has 0 saturated carbocycles. The van der Waals surface area contributed by atoms with E-state index in [0.717, 1.165) is 4.47 Å². The van der Waals surface area contributed by atoms with Crippen LogP contribution in [-0.4, -0.2) is 53.4 Å². The number of carbonyl (C=O) groups is 1. The van der Waals surface area contributed by atoms with E-state index in [-0.39, 0.29) is 18.1 Å². The molecule has 3 rings (SSSR count). The number of hydrogen-bond acceptors (Lipinski definition) is 5. The third-order valence-corrected chi connectivity index (χ3v) is 3.86. The van der Waals surface area contributed by atoms with Crippen molar-refractivity contribution < 1.29 is 18.7 Å². The predicted molar refractivity (Wildman–Crippen MR) is 82.4 cm³/mol. The van der Waals surface area contributed by atoms with Crippen molar-refractivity contribution in [2.45, 2.75) is 32.2 Å². The van der Waals surface area contributed by atoms with E-state index in [0.29, 0.717) is 5.01 Å². The van der Waals surface area contributed by atoms with Gasteiger partial charge in [-0.3, -0.25) is 9.48 Å². The molecule has 0 saturated heterocycles. The largest absolute Gasteiger partial charge is 0.364 e. The maximum absolute atomic E-state index is 13.2. The number of nitrogens with zero attached hydrogens (tertiary/aromatic N) is 6. The number of amides is 1. The summed E-state index contributed by atoms with van der Waals surface area (Å²) in [6, 6.07) is 1.37. The Bertz CT molecular complexity index is 804. The zero-order chi connectivity index (χ0) is 17.5. The van der Waals surface area contributed by atoms with Crippen molar-refractivity contribution in [3.05, 3.63) is 34.8 Å². The molecule has 2 aromatic rings. The van der Waals surface area contributed by atoms with Crippen LogP contribution >= 0.6 is 15.9 Å². The Kier molecular flexibility index (Phi) is 4.22. The third-order valence-electron chi connectivity index (χ3n) is 3.45. The molecule has 2 aromatic heterocycles. The summed E-state index contributed by atoms with van der Waals surface area (Å²) in [6.07, 6.45) is 1.27. The zero-order valence-corrected chi connectivity index (χ0v) is 14.1. The molecule has 24 heavy (non-hydrogen) atoms. The van der Waals surface area contributed by atoms with Crippen LogP contribution in [0, 0.1) is 0 Å². The summed E-state index contributed by atoms with van der Waals surface area (Å²) < 4.78 is 30.1. The van der Waals surface area contributed by atoms with Crippen LogP contribution in [0.1, 0.15) is 23.8 Å². The van der Waals surface area contributed by atoms with Crippen LogP contribution in [0.4, 0.5) is 8.78 Å². The molecular weight excluding hydrogens is 390 g/mol. The molecule has 11 heteroatoms. The van der Waals surface area contributed by atoms with Crippen LogP contribution in [-0.2, 0) is 6.67 Å². The maximum Gasteiger partial charge on any atom is 0.297 e. The van der Waals surface area contributed by atoms with E-state index in [1.165, 1.54) is 23.9 Å². The average Bonchev–Trinajstić information content (AvgIpc) is 3.19. The fraction of sp³-hybridized carbons (Fsp3) is 0.385. The first kappa shape index (κ1) is 16.7. The predicted octanol–water partition coefficient (Wildman–Crippen LogP) is 1.52. The van der Waals surface area contributed by atoms with Crippen molar-refractivity contribution in [1.29, 1.82) is 0 Å². The summed E-state index contributed by atoms with van der Waals surface area (Å²) in [6.45, 7) is 1.70. The molecule has 1 amide bonds. The number of aromatic nitrogens is 4. The summed E-state index contributed by atoms with van der Waals surface area (Å²) >= 11 is 3.26. The topological polar surface area (TPSA) is 88.5 Å². The molecule has 3 heterocycles. The van der Waals surface area contributed by atoms with E-state index >= 15 is 0 Å². The lowest BCUT2D eigenvalue weighted by molar-refractivity contribution is -0.164. The van der Waals surface area contributed by atoms with Gasteiger partial charge in [-0.2, -0.15) is 20.3 Å². The fourth-order valence-electron chi connectivity index (χ4n) is 2.36. The lowest BCUT2D eigenvalue weighted by atomic mass is 10.1. The van der Waals surface area contributed by atoms with Gasteiger partial charge in [0.25, 0.3) is 12.3 Å². The number of hydrazone groups is 1. The van der Waals surface area contributed by atoms with E-state index in [4.69, 9.17) is 0 Å². The van der Waals surface area contributed by atoms with E-state index < -0.39 is 24.5 Å². The molecule has 8 nitrogen and oxygen atoms in total. The average molecular weight is 403 g/mol. The molecule has 1 atom stereocenters. The zero-order valence-electron chi connectivity index (χ0n) is 12.5. The second kappa shape index (κ2) is 6.06. The molecule has 1 N–H and O–H groups in total. The molecular formula is C13H13BrF2N6O2. The van der Waals surface area contributed by atoms with Crippen molar-refractivity contribution in [2.75, 3.05) is 0 Å². The van der Waals surface area contributed by atoms with Gasteiger partial charge in [0, 0.05) is 24.5 Å². The molecule has 0 spiro atoms. The molecule has 0 fully saturated rings. The Labute approximate surface area is 143 Å². The molecule has 0 radical (unpaired) electrons. The summed E-state index contributed by atoms with van der Waals surface area (Å²) in [4.78, 5) is 12.4. The highest BCUT2D eigenvalue weighted by Gasteiger charge is 2.51.